The number of thiocarbonyl (C=S) groups is 1. The summed E-state index contributed by atoms with van der Waals surface area (Å²) in [6.07, 6.45) is 1.17. The van der Waals surface area contributed by atoms with Crippen molar-refractivity contribution in [2.75, 3.05) is 18.5 Å². The fourth-order valence-corrected chi connectivity index (χ4v) is 5.25. The molecule has 0 spiro atoms. The molecule has 1 aliphatic rings. The zero-order valence-electron chi connectivity index (χ0n) is 18.1. The average molecular weight is 489 g/mol. The van der Waals surface area contributed by atoms with Crippen LogP contribution in [-0.2, 0) is 30.3 Å². The summed E-state index contributed by atoms with van der Waals surface area (Å²) in [5.74, 6) is -0.341. The topological polar surface area (TPSA) is 68.2 Å². The van der Waals surface area contributed by atoms with Crippen molar-refractivity contribution in [3.63, 3.8) is 0 Å². The summed E-state index contributed by atoms with van der Waals surface area (Å²) >= 11 is 6.92. The number of fused-ring (bicyclic) bond motifs is 1. The number of esters is 1. The summed E-state index contributed by atoms with van der Waals surface area (Å²) in [4.78, 5) is 13.8. The molecule has 2 aromatic heterocycles. The van der Waals surface area contributed by atoms with Gasteiger partial charge in [-0.05, 0) is 69.8 Å². The Morgan fingerprint density at radius 1 is 1.31 bits per heavy atom. The summed E-state index contributed by atoms with van der Waals surface area (Å²) in [5.41, 5.74) is 1.21. The number of hydrogen-bond donors (Lipinski definition) is 2. The van der Waals surface area contributed by atoms with Crippen molar-refractivity contribution in [2.24, 2.45) is 0 Å². The molecule has 0 saturated carbocycles. The Morgan fingerprint density at radius 2 is 2.06 bits per heavy atom. The lowest BCUT2D eigenvalue weighted by Gasteiger charge is -2.12. The molecule has 0 bridgehead atoms. The van der Waals surface area contributed by atoms with Crippen LogP contribution >= 0.6 is 23.6 Å². The fraction of sp³-hybridized carbons (Fsp3) is 0.571. The predicted octanol–water partition coefficient (Wildman–Crippen LogP) is 5.09. The molecule has 176 valence electrons. The molecule has 11 heteroatoms. The third kappa shape index (κ3) is 6.00. The van der Waals surface area contributed by atoms with Crippen LogP contribution < -0.4 is 10.6 Å². The molecule has 1 aliphatic carbocycles. The van der Waals surface area contributed by atoms with Gasteiger partial charge in [-0.15, -0.1) is 11.3 Å². The van der Waals surface area contributed by atoms with Crippen molar-refractivity contribution < 1.29 is 22.7 Å². The van der Waals surface area contributed by atoms with Crippen molar-refractivity contribution in [3.05, 3.63) is 33.5 Å². The van der Waals surface area contributed by atoms with E-state index in [2.05, 4.69) is 15.7 Å². The SMILES string of the molecule is CCOC(=O)c1c(NC(=S)NCCCn2nc(C(F)(F)F)cc2C)sc2c1CCCCC2. The highest BCUT2D eigenvalue weighted by molar-refractivity contribution is 7.80. The Hall–Kier alpha value is -2.14. The normalized spacial score (nSPS) is 13.9. The third-order valence-electron chi connectivity index (χ3n) is 5.23. The number of carbonyl (C=O) groups is 1. The lowest BCUT2D eigenvalue weighted by atomic mass is 10.1. The quantitative estimate of drug-likeness (QED) is 0.245. The summed E-state index contributed by atoms with van der Waals surface area (Å²) in [5, 5.41) is 10.9. The Kier molecular flexibility index (Phi) is 8.16. The zero-order chi connectivity index (χ0) is 23.3. The highest BCUT2D eigenvalue weighted by Crippen LogP contribution is 2.38. The largest absolute Gasteiger partial charge is 0.462 e. The molecule has 0 atom stereocenters. The second-order valence-electron chi connectivity index (χ2n) is 7.62. The first-order valence-corrected chi connectivity index (χ1v) is 11.9. The molecule has 0 saturated heterocycles. The predicted molar refractivity (Wildman–Crippen MR) is 122 cm³/mol. The van der Waals surface area contributed by atoms with Gasteiger partial charge in [0.1, 0.15) is 5.00 Å². The van der Waals surface area contributed by atoms with Gasteiger partial charge in [-0.1, -0.05) is 6.42 Å². The van der Waals surface area contributed by atoms with Gasteiger partial charge in [0, 0.05) is 23.7 Å². The minimum atomic E-state index is -4.45. The minimum absolute atomic E-state index is 0.300. The number of alkyl halides is 3. The molecule has 2 heterocycles. The van der Waals surface area contributed by atoms with Gasteiger partial charge >= 0.3 is 12.1 Å². The first-order chi connectivity index (χ1) is 15.2. The van der Waals surface area contributed by atoms with E-state index in [0.717, 1.165) is 43.7 Å². The third-order valence-corrected chi connectivity index (χ3v) is 6.69. The van der Waals surface area contributed by atoms with Crippen LogP contribution in [0.5, 0.6) is 0 Å². The van der Waals surface area contributed by atoms with E-state index in [4.69, 9.17) is 17.0 Å². The molecule has 0 unspecified atom stereocenters. The molecule has 2 N–H and O–H groups in total. The fourth-order valence-electron chi connectivity index (χ4n) is 3.70. The molecule has 0 aromatic carbocycles. The molecule has 6 nitrogen and oxygen atoms in total. The first-order valence-electron chi connectivity index (χ1n) is 10.7. The molecule has 3 rings (SSSR count). The van der Waals surface area contributed by atoms with Crippen LogP contribution in [0.3, 0.4) is 0 Å². The molecule has 0 radical (unpaired) electrons. The zero-order valence-corrected chi connectivity index (χ0v) is 19.7. The highest BCUT2D eigenvalue weighted by Gasteiger charge is 2.34. The van der Waals surface area contributed by atoms with E-state index in [1.807, 2.05) is 0 Å². The van der Waals surface area contributed by atoms with Gasteiger partial charge in [0.05, 0.1) is 12.2 Å². The summed E-state index contributed by atoms with van der Waals surface area (Å²) < 4.78 is 45.0. The van der Waals surface area contributed by atoms with Crippen LogP contribution in [-0.4, -0.2) is 34.0 Å². The lowest BCUT2D eigenvalue weighted by molar-refractivity contribution is -0.141. The van der Waals surface area contributed by atoms with Gasteiger partial charge in [0.15, 0.2) is 10.8 Å². The van der Waals surface area contributed by atoms with E-state index >= 15 is 0 Å². The molecule has 32 heavy (non-hydrogen) atoms. The van der Waals surface area contributed by atoms with Crippen LogP contribution in [0.2, 0.25) is 0 Å². The van der Waals surface area contributed by atoms with Crippen molar-refractivity contribution in [1.82, 2.24) is 15.1 Å². The van der Waals surface area contributed by atoms with Crippen LogP contribution in [0.1, 0.15) is 64.8 Å². The average Bonchev–Trinajstić information content (AvgIpc) is 3.17. The summed E-state index contributed by atoms with van der Waals surface area (Å²) in [6.45, 7) is 4.46. The van der Waals surface area contributed by atoms with Crippen LogP contribution in [0.15, 0.2) is 6.07 Å². The number of thiophene rings is 1. The Balaban J connectivity index is 1.58. The van der Waals surface area contributed by atoms with E-state index in [1.54, 1.807) is 25.2 Å². The van der Waals surface area contributed by atoms with E-state index in [-0.39, 0.29) is 5.97 Å². The Labute approximate surface area is 194 Å². The van der Waals surface area contributed by atoms with E-state index in [9.17, 15) is 18.0 Å². The molecule has 0 aliphatic heterocycles. The first kappa shape index (κ1) is 24.5. The van der Waals surface area contributed by atoms with E-state index in [0.29, 0.717) is 47.5 Å². The Morgan fingerprint density at radius 3 is 2.75 bits per heavy atom. The number of halogens is 3. The number of anilines is 1. The van der Waals surface area contributed by atoms with Crippen LogP contribution in [0, 0.1) is 6.92 Å². The maximum Gasteiger partial charge on any atom is 0.435 e. The molecule has 0 fully saturated rings. The number of aryl methyl sites for hydroxylation is 3. The number of hydrogen-bond acceptors (Lipinski definition) is 5. The summed E-state index contributed by atoms with van der Waals surface area (Å²) in [7, 11) is 0. The number of aromatic nitrogens is 2. The van der Waals surface area contributed by atoms with Crippen LogP contribution in [0.4, 0.5) is 18.2 Å². The molecule has 0 amide bonds. The van der Waals surface area contributed by atoms with Gasteiger partial charge in [-0.2, -0.15) is 18.3 Å². The molecule has 2 aromatic rings. The molecular formula is C21H27F3N4O2S2. The standard InChI is InChI=1S/C21H27F3N4O2S2/c1-3-30-19(29)17-14-8-5-4-6-9-15(14)32-18(17)26-20(31)25-10-7-11-28-13(2)12-16(27-28)21(22,23)24/h12H,3-11H2,1-2H3,(H2,25,26,31). The number of nitrogens with one attached hydrogen (secondary N) is 2. The molecular weight excluding hydrogens is 461 g/mol. The van der Waals surface area contributed by atoms with Crippen molar-refractivity contribution >= 4 is 39.6 Å². The summed E-state index contributed by atoms with van der Waals surface area (Å²) in [6, 6.07) is 1.04. The van der Waals surface area contributed by atoms with Crippen molar-refractivity contribution in [3.8, 4) is 0 Å². The van der Waals surface area contributed by atoms with Crippen molar-refractivity contribution in [1.29, 1.82) is 0 Å². The van der Waals surface area contributed by atoms with Gasteiger partial charge < -0.3 is 15.4 Å². The maximum absolute atomic E-state index is 12.8. The second kappa shape index (κ2) is 10.7. The number of rotatable bonds is 7. The Bertz CT molecular complexity index is 969. The maximum atomic E-state index is 12.8. The van der Waals surface area contributed by atoms with E-state index in [1.165, 1.54) is 9.56 Å². The van der Waals surface area contributed by atoms with Crippen molar-refractivity contribution in [2.45, 2.75) is 65.1 Å². The van der Waals surface area contributed by atoms with Gasteiger partial charge in [0.2, 0.25) is 0 Å². The van der Waals surface area contributed by atoms with E-state index < -0.39 is 11.9 Å². The lowest BCUT2D eigenvalue weighted by Crippen LogP contribution is -2.30. The van der Waals surface area contributed by atoms with Gasteiger partial charge in [0.25, 0.3) is 0 Å². The monoisotopic (exact) mass is 488 g/mol. The van der Waals surface area contributed by atoms with Crippen LogP contribution in [0.25, 0.3) is 0 Å². The number of ether oxygens (including phenoxy) is 1. The number of carbonyl (C=O) groups excluding carboxylic acids is 1. The smallest absolute Gasteiger partial charge is 0.435 e. The minimum Gasteiger partial charge on any atom is -0.462 e. The highest BCUT2D eigenvalue weighted by atomic mass is 32.1. The second-order valence-corrected chi connectivity index (χ2v) is 9.13. The number of nitrogens with zero attached hydrogens (tertiary/aromatic N) is 2. The van der Waals surface area contributed by atoms with Gasteiger partial charge in [-0.25, -0.2) is 4.79 Å². The van der Waals surface area contributed by atoms with Gasteiger partial charge in [-0.3, -0.25) is 4.68 Å².